The number of halogens is 1. The number of hydrogen-bond donors (Lipinski definition) is 1. The Morgan fingerprint density at radius 2 is 1.83 bits per heavy atom. The number of fused-ring (bicyclic) bond motifs is 1. The van der Waals surface area contributed by atoms with Gasteiger partial charge in [0, 0.05) is 19.6 Å². The van der Waals surface area contributed by atoms with E-state index in [9.17, 15) is 4.39 Å². The number of anilines is 2. The molecule has 208 valence electrons. The summed E-state index contributed by atoms with van der Waals surface area (Å²) in [5.41, 5.74) is 4.53. The minimum Gasteiger partial charge on any atom is -0.357 e. The molecule has 2 atom stereocenters. The van der Waals surface area contributed by atoms with Gasteiger partial charge >= 0.3 is 0 Å². The number of rotatable bonds is 7. The zero-order valence-electron chi connectivity index (χ0n) is 22.7. The van der Waals surface area contributed by atoms with Crippen molar-refractivity contribution in [2.45, 2.75) is 31.7 Å². The predicted molar refractivity (Wildman–Crippen MR) is 157 cm³/mol. The van der Waals surface area contributed by atoms with E-state index in [1.54, 1.807) is 12.1 Å². The molecule has 3 aromatic heterocycles. The molecule has 2 aliphatic heterocycles. The third-order valence-electron chi connectivity index (χ3n) is 7.88. The van der Waals surface area contributed by atoms with Gasteiger partial charge in [0.05, 0.1) is 31.1 Å². The molecule has 2 aliphatic rings. The lowest BCUT2D eigenvalue weighted by atomic mass is 10.0. The zero-order valence-corrected chi connectivity index (χ0v) is 22.7. The molecule has 0 saturated carbocycles. The van der Waals surface area contributed by atoms with E-state index >= 15 is 0 Å². The summed E-state index contributed by atoms with van der Waals surface area (Å²) in [6.07, 6.45) is 3.74. The minimum absolute atomic E-state index is 0.0825. The molecule has 9 heteroatoms. The summed E-state index contributed by atoms with van der Waals surface area (Å²) in [5.74, 6) is 1.54. The van der Waals surface area contributed by atoms with E-state index in [0.717, 1.165) is 72.3 Å². The molecule has 7 rings (SSSR count). The third kappa shape index (κ3) is 5.38. The quantitative estimate of drug-likeness (QED) is 0.298. The second kappa shape index (κ2) is 11.3. The highest BCUT2D eigenvalue weighted by Crippen LogP contribution is 2.35. The van der Waals surface area contributed by atoms with E-state index in [4.69, 9.17) is 14.8 Å². The van der Waals surface area contributed by atoms with Crippen molar-refractivity contribution in [3.05, 3.63) is 108 Å². The van der Waals surface area contributed by atoms with Gasteiger partial charge in [0.1, 0.15) is 29.4 Å². The van der Waals surface area contributed by atoms with E-state index < -0.39 is 0 Å². The van der Waals surface area contributed by atoms with E-state index in [-0.39, 0.29) is 18.1 Å². The summed E-state index contributed by atoms with van der Waals surface area (Å²) in [7, 11) is 0. The number of piperazine rings is 1. The van der Waals surface area contributed by atoms with Crippen molar-refractivity contribution in [2.75, 3.05) is 36.0 Å². The SMILES string of the molecule is Fc1cccc([C@H]2CCCN2c2ccc3ncc(-c4cccc(N5CCNC(OCc6ccccc6)C5)n4)n3n2)c1. The van der Waals surface area contributed by atoms with Crippen molar-refractivity contribution >= 4 is 17.3 Å². The van der Waals surface area contributed by atoms with Gasteiger partial charge in [-0.15, -0.1) is 5.10 Å². The number of nitrogens with one attached hydrogen (secondary N) is 1. The van der Waals surface area contributed by atoms with Crippen molar-refractivity contribution in [2.24, 2.45) is 0 Å². The second-order valence-electron chi connectivity index (χ2n) is 10.6. The molecule has 0 radical (unpaired) electrons. The Hall–Kier alpha value is -4.34. The van der Waals surface area contributed by atoms with Crippen LogP contribution in [0.2, 0.25) is 0 Å². The zero-order chi connectivity index (χ0) is 27.6. The van der Waals surface area contributed by atoms with Crippen LogP contribution in [0.4, 0.5) is 16.0 Å². The van der Waals surface area contributed by atoms with E-state index in [1.165, 1.54) is 6.07 Å². The van der Waals surface area contributed by atoms with Crippen LogP contribution in [0.5, 0.6) is 0 Å². The molecule has 5 heterocycles. The Kier molecular flexibility index (Phi) is 7.04. The van der Waals surface area contributed by atoms with Crippen LogP contribution >= 0.6 is 0 Å². The Labute approximate surface area is 238 Å². The number of ether oxygens (including phenoxy) is 1. The summed E-state index contributed by atoms with van der Waals surface area (Å²) in [4.78, 5) is 14.2. The van der Waals surface area contributed by atoms with Crippen LogP contribution in [0, 0.1) is 5.82 Å². The fraction of sp³-hybridized carbons (Fsp3) is 0.281. The maximum Gasteiger partial charge on any atom is 0.154 e. The van der Waals surface area contributed by atoms with Gasteiger partial charge in [-0.3, -0.25) is 5.32 Å². The number of hydrogen-bond acceptors (Lipinski definition) is 7. The van der Waals surface area contributed by atoms with E-state index in [2.05, 4.69) is 32.2 Å². The van der Waals surface area contributed by atoms with Gasteiger partial charge in [-0.1, -0.05) is 48.5 Å². The maximum absolute atomic E-state index is 14.0. The minimum atomic E-state index is -0.209. The topological polar surface area (TPSA) is 70.8 Å². The lowest BCUT2D eigenvalue weighted by Gasteiger charge is -2.34. The highest BCUT2D eigenvalue weighted by atomic mass is 19.1. The summed E-state index contributed by atoms with van der Waals surface area (Å²) in [6, 6.07) is 27.3. The van der Waals surface area contributed by atoms with Crippen LogP contribution < -0.4 is 15.1 Å². The predicted octanol–water partition coefficient (Wildman–Crippen LogP) is 5.22. The normalized spacial score (nSPS) is 19.2. The largest absolute Gasteiger partial charge is 0.357 e. The Morgan fingerprint density at radius 1 is 0.927 bits per heavy atom. The lowest BCUT2D eigenvalue weighted by Crippen LogP contribution is -2.52. The third-order valence-corrected chi connectivity index (χ3v) is 7.88. The summed E-state index contributed by atoms with van der Waals surface area (Å²) >= 11 is 0. The fourth-order valence-corrected chi connectivity index (χ4v) is 5.84. The van der Waals surface area contributed by atoms with Crippen LogP contribution in [0.25, 0.3) is 17.0 Å². The van der Waals surface area contributed by atoms with Crippen molar-refractivity contribution in [3.63, 3.8) is 0 Å². The number of aromatic nitrogens is 4. The van der Waals surface area contributed by atoms with Crippen LogP contribution in [0.1, 0.15) is 30.0 Å². The average molecular weight is 550 g/mol. The molecular formula is C32H32FN7O. The van der Waals surface area contributed by atoms with Crippen molar-refractivity contribution in [3.8, 4) is 11.4 Å². The molecule has 1 unspecified atom stereocenters. The molecule has 2 fully saturated rings. The molecule has 2 saturated heterocycles. The van der Waals surface area contributed by atoms with Gasteiger partial charge in [0.25, 0.3) is 0 Å². The number of benzene rings is 2. The smallest absolute Gasteiger partial charge is 0.154 e. The van der Waals surface area contributed by atoms with Crippen LogP contribution in [-0.2, 0) is 11.3 Å². The van der Waals surface area contributed by atoms with Crippen molar-refractivity contribution < 1.29 is 9.13 Å². The van der Waals surface area contributed by atoms with Crippen molar-refractivity contribution in [1.82, 2.24) is 24.9 Å². The standard InChI is InChI=1S/C32H32FN7O/c33-25-10-4-9-24(19-25)27-12-6-17-39(27)31-15-14-29-35-20-28(40(29)37-31)26-11-5-13-30(36-26)38-18-16-34-32(21-38)41-22-23-7-2-1-3-8-23/h1-5,7-11,13-15,19-20,27,32,34H,6,12,16-18,21-22H2/t27-,32?/m1/s1. The van der Waals surface area contributed by atoms with E-state index in [0.29, 0.717) is 13.2 Å². The number of pyridine rings is 1. The average Bonchev–Trinajstić information content (AvgIpc) is 3.68. The van der Waals surface area contributed by atoms with Crippen molar-refractivity contribution in [1.29, 1.82) is 0 Å². The monoisotopic (exact) mass is 549 g/mol. The summed E-state index contributed by atoms with van der Waals surface area (Å²) in [5, 5.41) is 8.47. The first-order chi connectivity index (χ1) is 20.2. The van der Waals surface area contributed by atoms with E-state index in [1.807, 2.05) is 65.3 Å². The molecule has 8 nitrogen and oxygen atoms in total. The second-order valence-corrected chi connectivity index (χ2v) is 10.6. The first-order valence-electron chi connectivity index (χ1n) is 14.2. The van der Waals surface area contributed by atoms with Gasteiger partial charge < -0.3 is 14.5 Å². The molecule has 0 bridgehead atoms. The maximum atomic E-state index is 14.0. The molecular weight excluding hydrogens is 517 g/mol. The van der Waals surface area contributed by atoms with Crippen LogP contribution in [0.3, 0.4) is 0 Å². The highest BCUT2D eigenvalue weighted by molar-refractivity contribution is 5.62. The molecule has 41 heavy (non-hydrogen) atoms. The molecule has 0 amide bonds. The Bertz CT molecular complexity index is 1640. The Balaban J connectivity index is 1.12. The molecule has 2 aromatic carbocycles. The highest BCUT2D eigenvalue weighted by Gasteiger charge is 2.28. The first kappa shape index (κ1) is 25.6. The molecule has 5 aromatic rings. The molecule has 0 aliphatic carbocycles. The van der Waals surface area contributed by atoms with Gasteiger partial charge in [-0.2, -0.15) is 0 Å². The number of imidazole rings is 1. The van der Waals surface area contributed by atoms with Gasteiger partial charge in [-0.05, 0) is 60.4 Å². The molecule has 0 spiro atoms. The van der Waals surface area contributed by atoms with Gasteiger partial charge in [0.2, 0.25) is 0 Å². The first-order valence-corrected chi connectivity index (χ1v) is 14.2. The van der Waals surface area contributed by atoms with Gasteiger partial charge in [-0.25, -0.2) is 18.9 Å². The number of nitrogens with zero attached hydrogens (tertiary/aromatic N) is 6. The van der Waals surface area contributed by atoms with Crippen LogP contribution in [0.15, 0.2) is 91.1 Å². The fourth-order valence-electron chi connectivity index (χ4n) is 5.84. The Morgan fingerprint density at radius 3 is 2.73 bits per heavy atom. The summed E-state index contributed by atoms with van der Waals surface area (Å²) < 4.78 is 22.0. The lowest BCUT2D eigenvalue weighted by molar-refractivity contribution is 0.0159. The molecule has 1 N–H and O–H groups in total. The summed E-state index contributed by atoms with van der Waals surface area (Å²) in [6.45, 7) is 3.79. The van der Waals surface area contributed by atoms with Crippen LogP contribution in [-0.4, -0.2) is 52.0 Å². The van der Waals surface area contributed by atoms with Gasteiger partial charge in [0.15, 0.2) is 5.65 Å².